The smallest absolute Gasteiger partial charge is 0.338 e. The Hall–Kier alpha value is -1.67. The molecule has 0 N–H and O–H groups in total. The molecule has 0 saturated carbocycles. The maximum absolute atomic E-state index is 11.6. The molecular weight excluding hydrogens is 352 g/mol. The number of carbonyl (C=O) groups is 1. The minimum Gasteiger partial charge on any atom is -0.491 e. The molecule has 0 spiro atoms. The summed E-state index contributed by atoms with van der Waals surface area (Å²) in [5, 5.41) is 0. The minimum atomic E-state index is -0.330. The molecule has 0 bridgehead atoms. The molecule has 7 heteroatoms. The third kappa shape index (κ3) is 9.19. The molecule has 2 rings (SSSR count). The van der Waals surface area contributed by atoms with Crippen molar-refractivity contribution in [3.8, 4) is 5.75 Å². The van der Waals surface area contributed by atoms with Gasteiger partial charge in [-0.05, 0) is 50.5 Å². The Morgan fingerprint density at radius 3 is 2.37 bits per heavy atom. The van der Waals surface area contributed by atoms with Gasteiger partial charge in [-0.1, -0.05) is 0 Å². The van der Waals surface area contributed by atoms with E-state index < -0.39 is 0 Å². The van der Waals surface area contributed by atoms with Crippen LogP contribution in [0.5, 0.6) is 5.75 Å². The Bertz CT molecular complexity index is 512. The summed E-state index contributed by atoms with van der Waals surface area (Å²) in [5.41, 5.74) is 0.511. The lowest BCUT2D eigenvalue weighted by molar-refractivity contribution is -0.169. The molecule has 1 aromatic carbocycles. The van der Waals surface area contributed by atoms with Crippen molar-refractivity contribution >= 4 is 5.97 Å². The van der Waals surface area contributed by atoms with E-state index in [9.17, 15) is 4.79 Å². The van der Waals surface area contributed by atoms with Crippen molar-refractivity contribution in [1.82, 2.24) is 0 Å². The summed E-state index contributed by atoms with van der Waals surface area (Å²) >= 11 is 0. The van der Waals surface area contributed by atoms with Gasteiger partial charge in [0.1, 0.15) is 12.4 Å². The first-order valence-corrected chi connectivity index (χ1v) is 9.58. The van der Waals surface area contributed by atoms with Crippen molar-refractivity contribution in [1.29, 1.82) is 0 Å². The Labute approximate surface area is 160 Å². The SMILES string of the molecule is CCOC(=O)c1ccc(OCCOCCOCCOC2CCCCO2)cc1. The zero-order valence-corrected chi connectivity index (χ0v) is 16.0. The summed E-state index contributed by atoms with van der Waals surface area (Å²) in [6.45, 7) is 5.92. The van der Waals surface area contributed by atoms with Crippen molar-refractivity contribution in [3.63, 3.8) is 0 Å². The van der Waals surface area contributed by atoms with Crippen LogP contribution in [0.1, 0.15) is 36.5 Å². The molecule has 1 heterocycles. The average molecular weight is 382 g/mol. The molecule has 1 fully saturated rings. The van der Waals surface area contributed by atoms with Crippen LogP contribution in [0.25, 0.3) is 0 Å². The molecule has 0 radical (unpaired) electrons. The molecule has 27 heavy (non-hydrogen) atoms. The molecule has 0 amide bonds. The molecule has 1 aliphatic rings. The second kappa shape index (κ2) is 13.5. The molecular formula is C20H30O7. The van der Waals surface area contributed by atoms with Gasteiger partial charge in [-0.2, -0.15) is 0 Å². The summed E-state index contributed by atoms with van der Waals surface area (Å²) in [6.07, 6.45) is 3.18. The van der Waals surface area contributed by atoms with Gasteiger partial charge >= 0.3 is 5.97 Å². The molecule has 7 nitrogen and oxygen atoms in total. The summed E-state index contributed by atoms with van der Waals surface area (Å²) < 4.78 is 32.5. The first-order valence-electron chi connectivity index (χ1n) is 9.58. The lowest BCUT2D eigenvalue weighted by atomic mass is 10.2. The molecule has 1 saturated heterocycles. The summed E-state index contributed by atoms with van der Waals surface area (Å²) in [6, 6.07) is 6.85. The second-order valence-electron chi connectivity index (χ2n) is 5.98. The van der Waals surface area contributed by atoms with E-state index in [0.29, 0.717) is 57.6 Å². The molecule has 152 valence electrons. The highest BCUT2D eigenvalue weighted by atomic mass is 16.7. The van der Waals surface area contributed by atoms with Gasteiger partial charge in [0, 0.05) is 6.61 Å². The van der Waals surface area contributed by atoms with Crippen LogP contribution in [-0.2, 0) is 23.7 Å². The molecule has 0 aromatic heterocycles. The number of hydrogen-bond donors (Lipinski definition) is 0. The summed E-state index contributed by atoms with van der Waals surface area (Å²) in [7, 11) is 0. The highest BCUT2D eigenvalue weighted by Gasteiger charge is 2.13. The quantitative estimate of drug-likeness (QED) is 0.384. The monoisotopic (exact) mass is 382 g/mol. The topological polar surface area (TPSA) is 72.5 Å². The van der Waals surface area contributed by atoms with E-state index >= 15 is 0 Å². The Kier molecular flexibility index (Phi) is 10.8. The van der Waals surface area contributed by atoms with Gasteiger partial charge in [-0.25, -0.2) is 4.79 Å². The van der Waals surface area contributed by atoms with Crippen molar-refractivity contribution < 1.29 is 33.2 Å². The molecule has 0 aliphatic carbocycles. The predicted octanol–water partition coefficient (Wildman–Crippen LogP) is 2.82. The second-order valence-corrected chi connectivity index (χ2v) is 5.98. The number of hydrogen-bond acceptors (Lipinski definition) is 7. The van der Waals surface area contributed by atoms with E-state index in [0.717, 1.165) is 25.9 Å². The van der Waals surface area contributed by atoms with Crippen molar-refractivity contribution in [2.75, 3.05) is 52.9 Å². The van der Waals surface area contributed by atoms with E-state index in [-0.39, 0.29) is 12.3 Å². The maximum atomic E-state index is 11.6. The van der Waals surface area contributed by atoms with Crippen LogP contribution in [0, 0.1) is 0 Å². The van der Waals surface area contributed by atoms with E-state index in [1.807, 2.05) is 0 Å². The maximum Gasteiger partial charge on any atom is 0.338 e. The van der Waals surface area contributed by atoms with Crippen LogP contribution >= 0.6 is 0 Å². The van der Waals surface area contributed by atoms with Gasteiger partial charge in [-0.15, -0.1) is 0 Å². The van der Waals surface area contributed by atoms with Crippen molar-refractivity contribution in [2.24, 2.45) is 0 Å². The lowest BCUT2D eigenvalue weighted by Gasteiger charge is -2.22. The van der Waals surface area contributed by atoms with E-state index in [2.05, 4.69) is 0 Å². The van der Waals surface area contributed by atoms with Crippen LogP contribution < -0.4 is 4.74 Å². The number of carbonyl (C=O) groups excluding carboxylic acids is 1. The van der Waals surface area contributed by atoms with Crippen LogP contribution in [-0.4, -0.2) is 65.1 Å². The number of benzene rings is 1. The zero-order chi connectivity index (χ0) is 19.2. The van der Waals surface area contributed by atoms with E-state index in [1.54, 1.807) is 31.2 Å². The fraction of sp³-hybridized carbons (Fsp3) is 0.650. The van der Waals surface area contributed by atoms with Gasteiger partial charge in [0.15, 0.2) is 6.29 Å². The van der Waals surface area contributed by atoms with Gasteiger partial charge in [0.25, 0.3) is 0 Å². The Morgan fingerprint density at radius 2 is 1.70 bits per heavy atom. The van der Waals surface area contributed by atoms with Crippen molar-refractivity contribution in [2.45, 2.75) is 32.5 Å². The standard InChI is InChI=1S/C20H30O7/c1-2-24-20(21)17-6-8-18(9-7-17)25-15-13-22-11-12-23-14-16-27-19-5-3-4-10-26-19/h6-9,19H,2-5,10-16H2,1H3. The lowest BCUT2D eigenvalue weighted by Crippen LogP contribution is -2.24. The molecule has 1 aliphatic heterocycles. The minimum absolute atomic E-state index is 0.0675. The van der Waals surface area contributed by atoms with Crippen LogP contribution in [0.4, 0.5) is 0 Å². The zero-order valence-electron chi connectivity index (χ0n) is 16.0. The third-order valence-electron chi connectivity index (χ3n) is 3.90. The highest BCUT2D eigenvalue weighted by molar-refractivity contribution is 5.89. The van der Waals surface area contributed by atoms with Crippen molar-refractivity contribution in [3.05, 3.63) is 29.8 Å². The number of rotatable bonds is 13. The van der Waals surface area contributed by atoms with Crippen LogP contribution in [0.15, 0.2) is 24.3 Å². The summed E-state index contributed by atoms with van der Waals surface area (Å²) in [4.78, 5) is 11.6. The van der Waals surface area contributed by atoms with Gasteiger partial charge in [-0.3, -0.25) is 0 Å². The Balaban J connectivity index is 1.41. The van der Waals surface area contributed by atoms with E-state index in [1.165, 1.54) is 0 Å². The number of ether oxygens (including phenoxy) is 6. The highest BCUT2D eigenvalue weighted by Crippen LogP contribution is 2.14. The van der Waals surface area contributed by atoms with Gasteiger partial charge < -0.3 is 28.4 Å². The van der Waals surface area contributed by atoms with Crippen LogP contribution in [0.3, 0.4) is 0 Å². The fourth-order valence-corrected chi connectivity index (χ4v) is 2.52. The normalized spacial score (nSPS) is 16.9. The first kappa shape index (κ1) is 21.6. The van der Waals surface area contributed by atoms with Gasteiger partial charge in [0.05, 0.1) is 45.2 Å². The fourth-order valence-electron chi connectivity index (χ4n) is 2.52. The third-order valence-corrected chi connectivity index (χ3v) is 3.90. The van der Waals surface area contributed by atoms with Gasteiger partial charge in [0.2, 0.25) is 0 Å². The average Bonchev–Trinajstić information content (AvgIpc) is 2.71. The summed E-state index contributed by atoms with van der Waals surface area (Å²) in [5.74, 6) is 0.356. The molecule has 1 aromatic rings. The van der Waals surface area contributed by atoms with Crippen LogP contribution in [0.2, 0.25) is 0 Å². The Morgan fingerprint density at radius 1 is 1.00 bits per heavy atom. The molecule has 1 atom stereocenters. The molecule has 1 unspecified atom stereocenters. The number of esters is 1. The largest absolute Gasteiger partial charge is 0.491 e. The first-order chi connectivity index (χ1) is 13.3. The predicted molar refractivity (Wildman–Crippen MR) is 99.1 cm³/mol. The van der Waals surface area contributed by atoms with E-state index in [4.69, 9.17) is 28.4 Å².